The number of thiazole rings is 1. The number of rotatable bonds is 4. The van der Waals surface area contributed by atoms with Crippen LogP contribution in [-0.4, -0.2) is 42.6 Å². The normalized spacial score (nSPS) is 14.9. The average Bonchev–Trinajstić information content (AvgIpc) is 2.91. The van der Waals surface area contributed by atoms with Gasteiger partial charge >= 0.3 is 0 Å². The Kier molecular flexibility index (Phi) is 9.13. The second-order valence-electron chi connectivity index (χ2n) is 5.54. The van der Waals surface area contributed by atoms with Gasteiger partial charge < -0.3 is 4.90 Å². The molecule has 0 aliphatic carbocycles. The molecular formula is C16H21Cl4N3S. The SMILES string of the molecule is Cc1ncsc1CCN1CCN(c2ccc(Cl)cc2Cl)CC1.Cl.Cl. The molecule has 0 spiro atoms. The fourth-order valence-corrected chi connectivity index (χ4v) is 4.07. The van der Waals surface area contributed by atoms with Crippen LogP contribution in [-0.2, 0) is 6.42 Å². The fourth-order valence-electron chi connectivity index (χ4n) is 2.78. The van der Waals surface area contributed by atoms with E-state index in [1.807, 2.05) is 23.7 Å². The van der Waals surface area contributed by atoms with Crippen molar-refractivity contribution in [2.45, 2.75) is 13.3 Å². The molecule has 24 heavy (non-hydrogen) atoms. The van der Waals surface area contributed by atoms with E-state index in [0.29, 0.717) is 5.02 Å². The summed E-state index contributed by atoms with van der Waals surface area (Å²) in [4.78, 5) is 10.6. The second-order valence-corrected chi connectivity index (χ2v) is 7.32. The van der Waals surface area contributed by atoms with Crippen LogP contribution in [0.5, 0.6) is 0 Å². The highest BCUT2D eigenvalue weighted by Gasteiger charge is 2.19. The van der Waals surface area contributed by atoms with Crippen LogP contribution in [0.1, 0.15) is 10.6 Å². The Morgan fingerprint density at radius 3 is 2.42 bits per heavy atom. The highest BCUT2D eigenvalue weighted by molar-refractivity contribution is 7.09. The first kappa shape index (κ1) is 21.8. The van der Waals surface area contributed by atoms with E-state index in [0.717, 1.165) is 49.9 Å². The number of hydrogen-bond donors (Lipinski definition) is 0. The minimum Gasteiger partial charge on any atom is -0.368 e. The molecule has 1 aliphatic heterocycles. The van der Waals surface area contributed by atoms with Gasteiger partial charge in [0.15, 0.2) is 0 Å². The zero-order valence-corrected chi connectivity index (χ0v) is 17.3. The third kappa shape index (κ3) is 5.38. The number of benzene rings is 1. The molecule has 0 bridgehead atoms. The van der Waals surface area contributed by atoms with E-state index in [9.17, 15) is 0 Å². The third-order valence-corrected chi connectivity index (χ3v) is 5.66. The summed E-state index contributed by atoms with van der Waals surface area (Å²) in [7, 11) is 0. The Bertz CT molecular complexity index is 642. The summed E-state index contributed by atoms with van der Waals surface area (Å²) in [6, 6.07) is 5.74. The minimum absolute atomic E-state index is 0. The van der Waals surface area contributed by atoms with Crippen LogP contribution >= 0.6 is 59.4 Å². The van der Waals surface area contributed by atoms with E-state index < -0.39 is 0 Å². The summed E-state index contributed by atoms with van der Waals surface area (Å²) in [5, 5.41) is 1.42. The van der Waals surface area contributed by atoms with Gasteiger partial charge in [0, 0.05) is 42.6 Å². The maximum Gasteiger partial charge on any atom is 0.0797 e. The standard InChI is InChI=1S/C16H19Cl2N3S.2ClH/c1-12-16(22-11-19-12)4-5-20-6-8-21(9-7-20)15-3-2-13(17)10-14(15)18;;/h2-3,10-11H,4-9H2,1H3;2*1H. The van der Waals surface area contributed by atoms with Crippen molar-refractivity contribution < 1.29 is 0 Å². The van der Waals surface area contributed by atoms with Crippen LogP contribution in [0.3, 0.4) is 0 Å². The lowest BCUT2D eigenvalue weighted by Gasteiger charge is -2.36. The van der Waals surface area contributed by atoms with E-state index in [1.54, 1.807) is 11.3 Å². The van der Waals surface area contributed by atoms with E-state index in [4.69, 9.17) is 23.2 Å². The van der Waals surface area contributed by atoms with Gasteiger partial charge in [-0.25, -0.2) is 4.98 Å². The molecule has 1 aromatic heterocycles. The molecule has 0 atom stereocenters. The molecule has 3 rings (SSSR count). The van der Waals surface area contributed by atoms with E-state index >= 15 is 0 Å². The van der Waals surface area contributed by atoms with Crippen LogP contribution < -0.4 is 4.90 Å². The monoisotopic (exact) mass is 427 g/mol. The highest BCUT2D eigenvalue weighted by atomic mass is 35.5. The molecule has 0 saturated carbocycles. The van der Waals surface area contributed by atoms with E-state index in [1.165, 1.54) is 10.6 Å². The summed E-state index contributed by atoms with van der Waals surface area (Å²) in [6.07, 6.45) is 1.10. The lowest BCUT2D eigenvalue weighted by Crippen LogP contribution is -2.47. The zero-order chi connectivity index (χ0) is 15.5. The average molecular weight is 429 g/mol. The molecular weight excluding hydrogens is 408 g/mol. The van der Waals surface area contributed by atoms with Crippen molar-refractivity contribution in [2.75, 3.05) is 37.6 Å². The van der Waals surface area contributed by atoms with Gasteiger partial charge in [-0.3, -0.25) is 4.90 Å². The van der Waals surface area contributed by atoms with Gasteiger partial charge in [-0.05, 0) is 31.5 Å². The van der Waals surface area contributed by atoms with Crippen molar-refractivity contribution in [3.8, 4) is 0 Å². The van der Waals surface area contributed by atoms with Crippen molar-refractivity contribution in [1.29, 1.82) is 0 Å². The highest BCUT2D eigenvalue weighted by Crippen LogP contribution is 2.29. The molecule has 2 heterocycles. The predicted octanol–water partition coefficient (Wildman–Crippen LogP) is 4.97. The van der Waals surface area contributed by atoms with E-state index in [-0.39, 0.29) is 24.8 Å². The number of piperazine rings is 1. The number of hydrogen-bond acceptors (Lipinski definition) is 4. The van der Waals surface area contributed by atoms with Crippen LogP contribution in [0, 0.1) is 6.92 Å². The summed E-state index contributed by atoms with van der Waals surface area (Å²) in [5.41, 5.74) is 4.20. The zero-order valence-electron chi connectivity index (χ0n) is 13.4. The topological polar surface area (TPSA) is 19.4 Å². The maximum atomic E-state index is 6.30. The van der Waals surface area contributed by atoms with Gasteiger partial charge in [0.25, 0.3) is 0 Å². The molecule has 0 unspecified atom stereocenters. The first-order valence-electron chi connectivity index (χ1n) is 7.45. The largest absolute Gasteiger partial charge is 0.368 e. The van der Waals surface area contributed by atoms with Gasteiger partial charge in [0.2, 0.25) is 0 Å². The molecule has 8 heteroatoms. The smallest absolute Gasteiger partial charge is 0.0797 e. The molecule has 1 aromatic carbocycles. The summed E-state index contributed by atoms with van der Waals surface area (Å²) < 4.78 is 0. The van der Waals surface area contributed by atoms with E-state index in [2.05, 4.69) is 21.7 Å². The Balaban J connectivity index is 0.00000144. The lowest BCUT2D eigenvalue weighted by atomic mass is 10.2. The van der Waals surface area contributed by atoms with Crippen molar-refractivity contribution in [2.24, 2.45) is 0 Å². The number of halogens is 4. The minimum atomic E-state index is 0. The van der Waals surface area contributed by atoms with Gasteiger partial charge in [-0.2, -0.15) is 0 Å². The second kappa shape index (κ2) is 10.0. The van der Waals surface area contributed by atoms with Crippen LogP contribution in [0.2, 0.25) is 10.0 Å². The lowest BCUT2D eigenvalue weighted by molar-refractivity contribution is 0.261. The molecule has 134 valence electrons. The van der Waals surface area contributed by atoms with Crippen molar-refractivity contribution in [3.05, 3.63) is 44.3 Å². The Hall–Kier alpha value is -0.230. The molecule has 0 N–H and O–H groups in total. The molecule has 1 fully saturated rings. The van der Waals surface area contributed by atoms with Crippen molar-refractivity contribution in [3.63, 3.8) is 0 Å². The fraction of sp³-hybridized carbons (Fsp3) is 0.438. The molecule has 1 saturated heterocycles. The first-order valence-corrected chi connectivity index (χ1v) is 9.08. The third-order valence-electron chi connectivity index (χ3n) is 4.12. The summed E-state index contributed by atoms with van der Waals surface area (Å²) in [6.45, 7) is 7.33. The number of aryl methyl sites for hydroxylation is 1. The Morgan fingerprint density at radius 2 is 1.83 bits per heavy atom. The molecule has 1 aliphatic rings. The molecule has 0 radical (unpaired) electrons. The number of nitrogens with zero attached hydrogens (tertiary/aromatic N) is 3. The van der Waals surface area contributed by atoms with Crippen LogP contribution in [0.15, 0.2) is 23.7 Å². The predicted molar refractivity (Wildman–Crippen MR) is 110 cm³/mol. The Morgan fingerprint density at radius 1 is 1.12 bits per heavy atom. The number of aromatic nitrogens is 1. The van der Waals surface area contributed by atoms with Crippen LogP contribution in [0.25, 0.3) is 0 Å². The first-order chi connectivity index (χ1) is 10.6. The van der Waals surface area contributed by atoms with Gasteiger partial charge in [-0.1, -0.05) is 23.2 Å². The number of anilines is 1. The van der Waals surface area contributed by atoms with Gasteiger partial charge in [-0.15, -0.1) is 36.2 Å². The maximum absolute atomic E-state index is 6.30. The summed E-state index contributed by atoms with van der Waals surface area (Å²) >= 11 is 14.0. The Labute approximate surface area is 169 Å². The van der Waals surface area contributed by atoms with Gasteiger partial charge in [0.05, 0.1) is 21.9 Å². The molecule has 3 nitrogen and oxygen atoms in total. The van der Waals surface area contributed by atoms with Crippen molar-refractivity contribution >= 4 is 65.0 Å². The molecule has 2 aromatic rings. The van der Waals surface area contributed by atoms with Crippen LogP contribution in [0.4, 0.5) is 5.69 Å². The van der Waals surface area contributed by atoms with Gasteiger partial charge in [0.1, 0.15) is 0 Å². The summed E-state index contributed by atoms with van der Waals surface area (Å²) in [5.74, 6) is 0. The molecule has 0 amide bonds. The van der Waals surface area contributed by atoms with Crippen molar-refractivity contribution in [1.82, 2.24) is 9.88 Å². The quantitative estimate of drug-likeness (QED) is 0.685.